The molecule has 0 bridgehead atoms. The second kappa shape index (κ2) is 12.7. The van der Waals surface area contributed by atoms with Gasteiger partial charge < -0.3 is 11.7 Å². The fraction of sp³-hybridized carbons (Fsp3) is 0.222. The Kier molecular flexibility index (Phi) is 11.8. The third-order valence-corrected chi connectivity index (χ3v) is 4.95. The van der Waals surface area contributed by atoms with E-state index in [1.807, 2.05) is 0 Å². The molecule has 0 amide bonds. The topological polar surface area (TPSA) is 152 Å². The quantitative estimate of drug-likeness (QED) is 0.262. The molecular formula is C18H20CoO9S2-2. The van der Waals surface area contributed by atoms with Crippen molar-refractivity contribution in [3.05, 3.63) is 49.4 Å². The first-order valence-corrected chi connectivity index (χ1v) is 11.5. The molecular weight excluding hydrogens is 483 g/mol. The van der Waals surface area contributed by atoms with Crippen molar-refractivity contribution in [1.29, 1.82) is 0 Å². The molecule has 0 aromatic heterocycles. The van der Waals surface area contributed by atoms with Crippen LogP contribution >= 0.6 is 0 Å². The molecule has 2 N–H and O–H groups in total. The standard InChI is InChI=1S/C16H15O8S2.C2H5.Co.O/c1-2-4-16(17)24-14-8-7-12(10-15(14)26(21,22)23)11-5-3-6-13(9-11)25(18,19)20;1-2;;/h3,5,7-10H,2,4H2,1H3,(H,18,19,20)(H,21,22,23);1H2,2H3;;/q2*-1;;. The van der Waals surface area contributed by atoms with Crippen LogP contribution in [-0.2, 0) is 44.6 Å². The van der Waals surface area contributed by atoms with Crippen molar-refractivity contribution in [3.63, 3.8) is 0 Å². The summed E-state index contributed by atoms with van der Waals surface area (Å²) in [6, 6.07) is 9.68. The molecule has 0 radical (unpaired) electrons. The van der Waals surface area contributed by atoms with Gasteiger partial charge in [0.05, 0.1) is 0 Å². The molecule has 0 aliphatic heterocycles. The van der Waals surface area contributed by atoms with Gasteiger partial charge in [-0.1, -0.05) is 13.0 Å². The predicted octanol–water partition coefficient (Wildman–Crippen LogP) is 3.07. The molecule has 0 fully saturated rings. The predicted molar refractivity (Wildman–Crippen MR) is 103 cm³/mol. The molecule has 2 aromatic carbocycles. The van der Waals surface area contributed by atoms with E-state index in [1.165, 1.54) is 24.3 Å². The zero-order chi connectivity index (χ0) is 23.5. The number of hydrogen-bond donors (Lipinski definition) is 2. The molecule has 0 unspecified atom stereocenters. The van der Waals surface area contributed by atoms with Crippen LogP contribution in [-0.4, -0.2) is 31.9 Å². The second-order valence-electron chi connectivity index (χ2n) is 5.28. The zero-order valence-corrected chi connectivity index (χ0v) is 18.7. The van der Waals surface area contributed by atoms with Crippen LogP contribution in [0.25, 0.3) is 11.1 Å². The number of hydrogen-bond acceptors (Lipinski definition) is 7. The third kappa shape index (κ3) is 8.42. The SMILES string of the molecule is CCCC(=O)Oc1ccc(-c2cc[c-]c(S(=O)(=O)O)c2)cc1S(=O)(=O)O.[CH2-]C.[O]=[Co]. The van der Waals surface area contributed by atoms with Gasteiger partial charge >= 0.3 is 25.5 Å². The van der Waals surface area contributed by atoms with Gasteiger partial charge in [0.15, 0.2) is 5.75 Å². The van der Waals surface area contributed by atoms with Gasteiger partial charge in [-0.25, -0.2) is 0 Å². The van der Waals surface area contributed by atoms with Crippen LogP contribution in [0.15, 0.2) is 46.2 Å². The number of ether oxygens (including phenoxy) is 1. The first kappa shape index (κ1) is 28.0. The summed E-state index contributed by atoms with van der Waals surface area (Å²) in [5, 5.41) is 0. The molecule has 12 heteroatoms. The normalized spacial score (nSPS) is 10.7. The van der Waals surface area contributed by atoms with Crippen molar-refractivity contribution in [3.8, 4) is 16.9 Å². The van der Waals surface area contributed by atoms with E-state index in [9.17, 15) is 26.2 Å². The van der Waals surface area contributed by atoms with Crippen LogP contribution in [0, 0.1) is 13.0 Å². The van der Waals surface area contributed by atoms with Gasteiger partial charge in [-0.2, -0.15) is 42.0 Å². The first-order valence-electron chi connectivity index (χ1n) is 8.18. The summed E-state index contributed by atoms with van der Waals surface area (Å²) >= 11 is 2.31. The Bertz CT molecular complexity index is 1060. The minimum absolute atomic E-state index is 0.0684. The maximum atomic E-state index is 11.6. The average molecular weight is 503 g/mol. The Labute approximate surface area is 183 Å². The van der Waals surface area contributed by atoms with Crippen molar-refractivity contribution in [1.82, 2.24) is 0 Å². The van der Waals surface area contributed by atoms with Gasteiger partial charge in [-0.15, -0.1) is 11.6 Å². The molecule has 0 heterocycles. The maximum absolute atomic E-state index is 11.6. The van der Waals surface area contributed by atoms with Crippen LogP contribution in [0.5, 0.6) is 5.75 Å². The van der Waals surface area contributed by atoms with E-state index in [1.54, 1.807) is 13.8 Å². The van der Waals surface area contributed by atoms with E-state index in [0.717, 1.165) is 12.1 Å². The van der Waals surface area contributed by atoms with Crippen LogP contribution in [0.4, 0.5) is 0 Å². The van der Waals surface area contributed by atoms with Crippen molar-refractivity contribution in [2.45, 2.75) is 36.5 Å². The molecule has 2 aromatic rings. The zero-order valence-electron chi connectivity index (χ0n) is 16.0. The van der Waals surface area contributed by atoms with Crippen molar-refractivity contribution < 1.29 is 55.0 Å². The summed E-state index contributed by atoms with van der Waals surface area (Å²) < 4.78 is 77.1. The molecule has 169 valence electrons. The molecule has 0 spiro atoms. The number of carbonyl (C=O) groups excluding carboxylic acids is 1. The van der Waals surface area contributed by atoms with Crippen molar-refractivity contribution >= 4 is 26.2 Å². The Morgan fingerprint density at radius 2 is 1.60 bits per heavy atom. The first-order chi connectivity index (χ1) is 14.0. The number of carbonyl (C=O) groups is 1. The van der Waals surface area contributed by atoms with E-state index < -0.39 is 36.0 Å². The summed E-state index contributed by atoms with van der Waals surface area (Å²) in [4.78, 5) is 10.5. The van der Waals surface area contributed by atoms with Crippen LogP contribution in [0.3, 0.4) is 0 Å². The van der Waals surface area contributed by atoms with Crippen molar-refractivity contribution in [2.24, 2.45) is 0 Å². The average Bonchev–Trinajstić information content (AvgIpc) is 2.70. The summed E-state index contributed by atoms with van der Waals surface area (Å²) in [5.74, 6) is -1.000. The number of rotatable bonds is 6. The Morgan fingerprint density at radius 1 is 1.03 bits per heavy atom. The van der Waals surface area contributed by atoms with Crippen LogP contribution in [0.2, 0.25) is 0 Å². The van der Waals surface area contributed by atoms with Gasteiger partial charge in [-0.3, -0.25) is 13.9 Å². The van der Waals surface area contributed by atoms with E-state index in [2.05, 4.69) is 28.7 Å². The van der Waals surface area contributed by atoms with E-state index in [0.29, 0.717) is 6.42 Å². The molecule has 0 atom stereocenters. The van der Waals surface area contributed by atoms with E-state index >= 15 is 0 Å². The number of esters is 1. The molecule has 30 heavy (non-hydrogen) atoms. The van der Waals surface area contributed by atoms with Gasteiger partial charge in [0.2, 0.25) is 0 Å². The summed E-state index contributed by atoms with van der Waals surface area (Å²) in [6.07, 6.45) is 0.565. The van der Waals surface area contributed by atoms with Crippen LogP contribution in [0.1, 0.15) is 26.7 Å². The fourth-order valence-corrected chi connectivity index (χ4v) is 3.26. The molecule has 0 aliphatic rings. The Morgan fingerprint density at radius 3 is 2.10 bits per heavy atom. The van der Waals surface area contributed by atoms with Gasteiger partial charge in [0, 0.05) is 6.42 Å². The minimum atomic E-state index is -4.72. The second-order valence-corrected chi connectivity index (χ2v) is 8.06. The molecule has 9 nitrogen and oxygen atoms in total. The van der Waals surface area contributed by atoms with Crippen LogP contribution < -0.4 is 4.74 Å². The molecule has 0 saturated heterocycles. The van der Waals surface area contributed by atoms with Gasteiger partial charge in [-0.05, 0) is 29.0 Å². The van der Waals surface area contributed by atoms with E-state index in [4.69, 9.17) is 13.2 Å². The summed E-state index contributed by atoms with van der Waals surface area (Å²) in [6.45, 7) is 6.74. The Balaban J connectivity index is 0.00000198. The van der Waals surface area contributed by atoms with Gasteiger partial charge in [0.25, 0.3) is 20.2 Å². The Hall–Kier alpha value is -1.96. The van der Waals surface area contributed by atoms with Gasteiger partial charge in [0.1, 0.15) is 4.90 Å². The molecule has 0 aliphatic carbocycles. The third-order valence-electron chi connectivity index (χ3n) is 3.29. The van der Waals surface area contributed by atoms with E-state index in [-0.39, 0.29) is 23.3 Å². The molecule has 2 rings (SSSR count). The van der Waals surface area contributed by atoms with Crippen molar-refractivity contribution in [2.75, 3.05) is 0 Å². The fourth-order valence-electron chi connectivity index (χ4n) is 2.12. The number of benzene rings is 2. The summed E-state index contributed by atoms with van der Waals surface area (Å²) in [7, 11) is -9.21. The monoisotopic (exact) mass is 503 g/mol. The summed E-state index contributed by atoms with van der Waals surface area (Å²) in [5.41, 5.74) is 0.458. The molecule has 0 saturated carbocycles.